The van der Waals surface area contributed by atoms with Crippen molar-refractivity contribution in [2.24, 2.45) is 0 Å². The summed E-state index contributed by atoms with van der Waals surface area (Å²) in [6.45, 7) is 0. The number of carbonyl (C=O) groups excluding carboxylic acids is 1. The van der Waals surface area contributed by atoms with Crippen molar-refractivity contribution < 1.29 is 18.0 Å². The zero-order valence-corrected chi connectivity index (χ0v) is 16.8. The van der Waals surface area contributed by atoms with E-state index in [1.165, 1.54) is 41.3 Å². The number of nitrogens with zero attached hydrogens (tertiary/aromatic N) is 1. The summed E-state index contributed by atoms with van der Waals surface area (Å²) < 4.78 is 33.9. The van der Waals surface area contributed by atoms with Gasteiger partial charge in [-0.25, -0.2) is 8.78 Å². The van der Waals surface area contributed by atoms with Gasteiger partial charge in [-0.3, -0.25) is 14.5 Å². The normalized spacial score (nSPS) is 15.6. The molecule has 0 radical (unpaired) electrons. The SMILES string of the molecule is O=C1c2oc3ccc(F)cc3c(=O)c2C(c2ccc(F)cc2)N1c1ccc(Br)cc1. The van der Waals surface area contributed by atoms with E-state index in [4.69, 9.17) is 4.42 Å². The van der Waals surface area contributed by atoms with Crippen molar-refractivity contribution in [3.63, 3.8) is 0 Å². The maximum Gasteiger partial charge on any atom is 0.295 e. The third-order valence-electron chi connectivity index (χ3n) is 5.12. The Kier molecular flexibility index (Phi) is 4.29. The molecule has 1 amide bonds. The molecule has 1 aliphatic heterocycles. The molecule has 0 aliphatic carbocycles. The van der Waals surface area contributed by atoms with E-state index in [1.807, 2.05) is 0 Å². The van der Waals surface area contributed by atoms with E-state index in [0.717, 1.165) is 10.5 Å². The van der Waals surface area contributed by atoms with E-state index < -0.39 is 29.0 Å². The number of amides is 1. The van der Waals surface area contributed by atoms with Crippen LogP contribution in [0.15, 0.2) is 80.4 Å². The topological polar surface area (TPSA) is 50.5 Å². The van der Waals surface area contributed by atoms with Crippen molar-refractivity contribution in [2.45, 2.75) is 6.04 Å². The molecule has 148 valence electrons. The first kappa shape index (κ1) is 18.7. The van der Waals surface area contributed by atoms with E-state index in [-0.39, 0.29) is 22.3 Å². The number of hydrogen-bond donors (Lipinski definition) is 0. The Bertz CT molecular complexity index is 1360. The lowest BCUT2D eigenvalue weighted by atomic mass is 9.98. The van der Waals surface area contributed by atoms with Crippen LogP contribution in [0.25, 0.3) is 11.0 Å². The number of fused-ring (bicyclic) bond motifs is 2. The molecule has 5 rings (SSSR count). The minimum Gasteiger partial charge on any atom is -0.450 e. The monoisotopic (exact) mass is 467 g/mol. The van der Waals surface area contributed by atoms with Crippen molar-refractivity contribution in [1.82, 2.24) is 0 Å². The first-order valence-corrected chi connectivity index (χ1v) is 9.84. The lowest BCUT2D eigenvalue weighted by Crippen LogP contribution is -2.29. The minimum absolute atomic E-state index is 0.0475. The highest BCUT2D eigenvalue weighted by Gasteiger charge is 2.43. The Balaban J connectivity index is 1.81. The molecule has 0 N–H and O–H groups in total. The van der Waals surface area contributed by atoms with E-state index in [0.29, 0.717) is 11.3 Å². The second kappa shape index (κ2) is 6.88. The average Bonchev–Trinajstić information content (AvgIpc) is 3.03. The lowest BCUT2D eigenvalue weighted by molar-refractivity contribution is 0.0971. The molecule has 0 spiro atoms. The van der Waals surface area contributed by atoms with Crippen LogP contribution in [0.3, 0.4) is 0 Å². The van der Waals surface area contributed by atoms with Crippen LogP contribution in [-0.4, -0.2) is 5.91 Å². The maximum absolute atomic E-state index is 13.8. The molecule has 0 fully saturated rings. The molecule has 4 aromatic rings. The lowest BCUT2D eigenvalue weighted by Gasteiger charge is -2.25. The maximum atomic E-state index is 13.8. The van der Waals surface area contributed by atoms with Gasteiger partial charge in [-0.15, -0.1) is 0 Å². The fourth-order valence-corrected chi connectivity index (χ4v) is 4.04. The number of hydrogen-bond acceptors (Lipinski definition) is 3. The minimum atomic E-state index is -0.835. The predicted octanol–water partition coefficient (Wildman–Crippen LogP) is 5.58. The van der Waals surface area contributed by atoms with Crippen molar-refractivity contribution in [3.05, 3.63) is 110 Å². The molecule has 3 aromatic carbocycles. The molecule has 1 aliphatic rings. The Hall–Kier alpha value is -3.32. The standard InChI is InChI=1S/C23H12BrF2NO3/c24-13-3-8-16(9-4-13)27-20(12-1-5-14(25)6-2-12)19-21(28)17-11-15(26)7-10-18(17)30-22(19)23(27)29/h1-11,20H. The van der Waals surface area contributed by atoms with Crippen LogP contribution >= 0.6 is 15.9 Å². The van der Waals surface area contributed by atoms with Gasteiger partial charge in [0.2, 0.25) is 5.76 Å². The summed E-state index contributed by atoms with van der Waals surface area (Å²) in [6, 6.07) is 15.3. The van der Waals surface area contributed by atoms with Gasteiger partial charge in [-0.1, -0.05) is 28.1 Å². The van der Waals surface area contributed by atoms with Gasteiger partial charge in [0.15, 0.2) is 5.43 Å². The zero-order chi connectivity index (χ0) is 21.0. The van der Waals surface area contributed by atoms with Crippen LogP contribution in [0, 0.1) is 11.6 Å². The number of carbonyl (C=O) groups is 1. The molecule has 1 aromatic heterocycles. The summed E-state index contributed by atoms with van der Waals surface area (Å²) >= 11 is 3.36. The van der Waals surface area contributed by atoms with E-state index in [1.54, 1.807) is 24.3 Å². The van der Waals surface area contributed by atoms with Crippen LogP contribution in [0.1, 0.15) is 27.7 Å². The largest absolute Gasteiger partial charge is 0.450 e. The summed E-state index contributed by atoms with van der Waals surface area (Å²) in [7, 11) is 0. The van der Waals surface area contributed by atoms with Crippen LogP contribution in [-0.2, 0) is 0 Å². The van der Waals surface area contributed by atoms with Gasteiger partial charge in [0.05, 0.1) is 17.0 Å². The third-order valence-corrected chi connectivity index (χ3v) is 5.65. The highest BCUT2D eigenvalue weighted by molar-refractivity contribution is 9.10. The number of anilines is 1. The van der Waals surface area contributed by atoms with Crippen LogP contribution < -0.4 is 10.3 Å². The molecule has 2 heterocycles. The van der Waals surface area contributed by atoms with Gasteiger partial charge >= 0.3 is 0 Å². The van der Waals surface area contributed by atoms with Crippen LogP contribution in [0.5, 0.6) is 0 Å². The number of benzene rings is 3. The Morgan fingerprint density at radius 3 is 2.23 bits per heavy atom. The van der Waals surface area contributed by atoms with Gasteiger partial charge in [-0.05, 0) is 60.2 Å². The van der Waals surface area contributed by atoms with Gasteiger partial charge in [0, 0.05) is 10.2 Å². The smallest absolute Gasteiger partial charge is 0.295 e. The van der Waals surface area contributed by atoms with Crippen molar-refractivity contribution in [3.8, 4) is 0 Å². The predicted molar refractivity (Wildman–Crippen MR) is 112 cm³/mol. The Morgan fingerprint density at radius 2 is 1.53 bits per heavy atom. The van der Waals surface area contributed by atoms with Gasteiger partial charge in [0.25, 0.3) is 5.91 Å². The molecule has 7 heteroatoms. The third kappa shape index (κ3) is 2.85. The molecule has 0 bridgehead atoms. The van der Waals surface area contributed by atoms with E-state index >= 15 is 0 Å². The van der Waals surface area contributed by atoms with Crippen LogP contribution in [0.4, 0.5) is 14.5 Å². The first-order valence-electron chi connectivity index (χ1n) is 9.05. The second-order valence-corrected chi connectivity index (χ2v) is 7.84. The van der Waals surface area contributed by atoms with Crippen molar-refractivity contribution in [1.29, 1.82) is 0 Å². The Labute approximate surface area is 177 Å². The highest BCUT2D eigenvalue weighted by atomic mass is 79.9. The molecule has 0 saturated carbocycles. The van der Waals surface area contributed by atoms with Crippen molar-refractivity contribution in [2.75, 3.05) is 4.90 Å². The molecular weight excluding hydrogens is 456 g/mol. The van der Waals surface area contributed by atoms with Gasteiger partial charge in [0.1, 0.15) is 17.2 Å². The highest BCUT2D eigenvalue weighted by Crippen LogP contribution is 2.41. The number of halogens is 3. The van der Waals surface area contributed by atoms with Gasteiger partial charge in [-0.2, -0.15) is 0 Å². The van der Waals surface area contributed by atoms with E-state index in [9.17, 15) is 18.4 Å². The summed E-state index contributed by atoms with van der Waals surface area (Å²) in [6.07, 6.45) is 0. The van der Waals surface area contributed by atoms with E-state index in [2.05, 4.69) is 15.9 Å². The average molecular weight is 468 g/mol. The quantitative estimate of drug-likeness (QED) is 0.386. The first-order chi connectivity index (χ1) is 14.4. The molecule has 30 heavy (non-hydrogen) atoms. The molecule has 1 unspecified atom stereocenters. The molecule has 0 saturated heterocycles. The summed E-state index contributed by atoms with van der Waals surface area (Å²) in [5, 5.41) is 0.0475. The molecular formula is C23H12BrF2NO3. The van der Waals surface area contributed by atoms with Crippen LogP contribution in [0.2, 0.25) is 0 Å². The summed E-state index contributed by atoms with van der Waals surface area (Å²) in [4.78, 5) is 28.1. The Morgan fingerprint density at radius 1 is 0.867 bits per heavy atom. The second-order valence-electron chi connectivity index (χ2n) is 6.92. The number of rotatable bonds is 2. The molecule has 1 atom stereocenters. The fraction of sp³-hybridized carbons (Fsp3) is 0.0435. The summed E-state index contributed by atoms with van der Waals surface area (Å²) in [5.74, 6) is -1.62. The zero-order valence-electron chi connectivity index (χ0n) is 15.2. The fourth-order valence-electron chi connectivity index (χ4n) is 3.77. The van der Waals surface area contributed by atoms with Crippen molar-refractivity contribution >= 4 is 38.5 Å². The molecule has 4 nitrogen and oxygen atoms in total. The van der Waals surface area contributed by atoms with Gasteiger partial charge < -0.3 is 4.42 Å². The summed E-state index contributed by atoms with van der Waals surface area (Å²) in [5.41, 5.74) is 0.817.